The molecule has 1 amide bonds. The third kappa shape index (κ3) is 3.63. The van der Waals surface area contributed by atoms with Gasteiger partial charge in [0.05, 0.1) is 17.8 Å². The highest BCUT2D eigenvalue weighted by Gasteiger charge is 2.15. The number of carboxylic acid groups (broad SMARTS) is 1. The van der Waals surface area contributed by atoms with Crippen molar-refractivity contribution < 1.29 is 14.7 Å². The van der Waals surface area contributed by atoms with E-state index in [9.17, 15) is 9.59 Å². The number of halogens is 1. The molecule has 0 atom stereocenters. The van der Waals surface area contributed by atoms with Crippen molar-refractivity contribution in [2.45, 2.75) is 6.92 Å². The first kappa shape index (κ1) is 14.3. The third-order valence-electron chi connectivity index (χ3n) is 2.36. The zero-order valence-corrected chi connectivity index (χ0v) is 11.0. The molecule has 0 aromatic heterocycles. The van der Waals surface area contributed by atoms with Gasteiger partial charge in [-0.1, -0.05) is 11.6 Å². The summed E-state index contributed by atoms with van der Waals surface area (Å²) >= 11 is 5.84. The van der Waals surface area contributed by atoms with Crippen molar-refractivity contribution >= 4 is 29.2 Å². The summed E-state index contributed by atoms with van der Waals surface area (Å²) in [6.07, 6.45) is 0. The normalized spacial score (nSPS) is 9.94. The maximum Gasteiger partial charge on any atom is 0.337 e. The molecule has 0 aliphatic rings. The van der Waals surface area contributed by atoms with Crippen molar-refractivity contribution in [3.05, 3.63) is 28.8 Å². The minimum atomic E-state index is -1.05. The van der Waals surface area contributed by atoms with Crippen molar-refractivity contribution in [3.63, 3.8) is 0 Å². The Labute approximate surface area is 110 Å². The number of benzene rings is 1. The van der Waals surface area contributed by atoms with Crippen LogP contribution >= 0.6 is 11.6 Å². The molecule has 5 nitrogen and oxygen atoms in total. The van der Waals surface area contributed by atoms with Gasteiger partial charge in [-0.05, 0) is 25.1 Å². The van der Waals surface area contributed by atoms with Gasteiger partial charge in [-0.3, -0.25) is 4.79 Å². The van der Waals surface area contributed by atoms with E-state index in [1.165, 1.54) is 18.2 Å². The van der Waals surface area contributed by atoms with Gasteiger partial charge >= 0.3 is 5.97 Å². The summed E-state index contributed by atoms with van der Waals surface area (Å²) in [6, 6.07) is 4.47. The van der Waals surface area contributed by atoms with Crippen molar-refractivity contribution in [2.24, 2.45) is 0 Å². The number of nitrogens with zero attached hydrogens (tertiary/aromatic N) is 1. The number of anilines is 1. The smallest absolute Gasteiger partial charge is 0.337 e. The molecule has 0 aliphatic carbocycles. The molecule has 2 N–H and O–H groups in total. The fraction of sp³-hybridized carbons (Fsp3) is 0.333. The number of amides is 1. The van der Waals surface area contributed by atoms with E-state index in [2.05, 4.69) is 5.32 Å². The Hall–Kier alpha value is -1.75. The molecule has 1 aromatic rings. The number of hydrogen-bond donors (Lipinski definition) is 2. The number of likely N-dealkylation sites (N-methyl/N-ethyl adjacent to an activating group) is 2. The van der Waals surface area contributed by atoms with Crippen LogP contribution in [0.5, 0.6) is 0 Å². The van der Waals surface area contributed by atoms with Crippen LogP contribution in [0.3, 0.4) is 0 Å². The summed E-state index contributed by atoms with van der Waals surface area (Å²) in [5, 5.41) is 12.1. The molecule has 18 heavy (non-hydrogen) atoms. The molecule has 1 aromatic carbocycles. The lowest BCUT2D eigenvalue weighted by Crippen LogP contribution is -2.35. The van der Waals surface area contributed by atoms with Crippen LogP contribution in [0.25, 0.3) is 0 Å². The zero-order valence-electron chi connectivity index (χ0n) is 10.2. The second kappa shape index (κ2) is 6.26. The van der Waals surface area contributed by atoms with E-state index >= 15 is 0 Å². The lowest BCUT2D eigenvalue weighted by molar-refractivity contribution is -0.119. The highest BCUT2D eigenvalue weighted by Crippen LogP contribution is 2.24. The van der Waals surface area contributed by atoms with Crippen LogP contribution in [0.1, 0.15) is 17.3 Å². The number of rotatable bonds is 5. The van der Waals surface area contributed by atoms with Crippen molar-refractivity contribution in [3.8, 4) is 0 Å². The van der Waals surface area contributed by atoms with E-state index in [1.54, 1.807) is 11.9 Å². The van der Waals surface area contributed by atoms with Crippen LogP contribution < -0.4 is 10.2 Å². The Kier molecular flexibility index (Phi) is 4.97. The first-order valence-electron chi connectivity index (χ1n) is 5.46. The van der Waals surface area contributed by atoms with Crippen molar-refractivity contribution in [1.82, 2.24) is 5.32 Å². The number of aromatic carboxylic acids is 1. The Morgan fingerprint density at radius 2 is 2.11 bits per heavy atom. The average Bonchev–Trinajstić information content (AvgIpc) is 2.28. The largest absolute Gasteiger partial charge is 0.478 e. The standard InChI is InChI=1S/C12H15ClN2O3/c1-3-14-11(16)7-15(2)10-6-8(13)4-5-9(10)12(17)18/h4-6H,3,7H2,1-2H3,(H,14,16)(H,17,18). The SMILES string of the molecule is CCNC(=O)CN(C)c1cc(Cl)ccc1C(=O)O. The van der Waals surface area contributed by atoms with Crippen molar-refractivity contribution in [1.29, 1.82) is 0 Å². The summed E-state index contributed by atoms with van der Waals surface area (Å²) in [5.41, 5.74) is 0.535. The number of nitrogens with one attached hydrogen (secondary N) is 1. The van der Waals surface area contributed by atoms with Crippen LogP contribution in [0.4, 0.5) is 5.69 Å². The molecule has 0 bridgehead atoms. The lowest BCUT2D eigenvalue weighted by Gasteiger charge is -2.20. The molecule has 0 fully saturated rings. The Morgan fingerprint density at radius 1 is 1.44 bits per heavy atom. The predicted octanol–water partition coefficient (Wildman–Crippen LogP) is 1.61. The highest BCUT2D eigenvalue weighted by atomic mass is 35.5. The molecule has 0 saturated heterocycles. The molecule has 0 radical (unpaired) electrons. The van der Waals surface area contributed by atoms with Crippen LogP contribution in [-0.2, 0) is 4.79 Å². The zero-order chi connectivity index (χ0) is 13.7. The van der Waals surface area contributed by atoms with Crippen LogP contribution in [0, 0.1) is 0 Å². The quantitative estimate of drug-likeness (QED) is 0.853. The Morgan fingerprint density at radius 3 is 2.67 bits per heavy atom. The maximum atomic E-state index is 11.5. The monoisotopic (exact) mass is 270 g/mol. The van der Waals surface area contributed by atoms with Crippen molar-refractivity contribution in [2.75, 3.05) is 25.0 Å². The van der Waals surface area contributed by atoms with E-state index in [-0.39, 0.29) is 18.0 Å². The van der Waals surface area contributed by atoms with Gasteiger partial charge in [-0.15, -0.1) is 0 Å². The molecular weight excluding hydrogens is 256 g/mol. The van der Waals surface area contributed by atoms with Gasteiger partial charge in [0.1, 0.15) is 0 Å². The number of carboxylic acids is 1. The van der Waals surface area contributed by atoms with Crippen LogP contribution in [0.2, 0.25) is 5.02 Å². The fourth-order valence-corrected chi connectivity index (χ4v) is 1.72. The minimum Gasteiger partial charge on any atom is -0.478 e. The van der Waals surface area contributed by atoms with E-state index < -0.39 is 5.97 Å². The number of carbonyl (C=O) groups excluding carboxylic acids is 1. The predicted molar refractivity (Wildman–Crippen MR) is 70.4 cm³/mol. The third-order valence-corrected chi connectivity index (χ3v) is 2.59. The maximum absolute atomic E-state index is 11.5. The Bertz CT molecular complexity index is 463. The lowest BCUT2D eigenvalue weighted by atomic mass is 10.1. The summed E-state index contributed by atoms with van der Waals surface area (Å²) in [7, 11) is 1.65. The minimum absolute atomic E-state index is 0.0778. The summed E-state index contributed by atoms with van der Waals surface area (Å²) < 4.78 is 0. The molecular formula is C12H15ClN2O3. The summed E-state index contributed by atoms with van der Waals surface area (Å²) in [4.78, 5) is 24.1. The van der Waals surface area contributed by atoms with E-state index in [4.69, 9.17) is 16.7 Å². The summed E-state index contributed by atoms with van der Waals surface area (Å²) in [5.74, 6) is -1.22. The molecule has 6 heteroatoms. The fourth-order valence-electron chi connectivity index (χ4n) is 1.56. The average molecular weight is 271 g/mol. The molecule has 0 spiro atoms. The molecule has 0 saturated carbocycles. The molecule has 98 valence electrons. The van der Waals surface area contributed by atoms with E-state index in [0.717, 1.165) is 0 Å². The second-order valence-electron chi connectivity index (χ2n) is 3.78. The van der Waals surface area contributed by atoms with Crippen LogP contribution in [-0.4, -0.2) is 37.1 Å². The summed E-state index contributed by atoms with van der Waals surface area (Å²) in [6.45, 7) is 2.43. The molecule has 0 unspecified atom stereocenters. The van der Waals surface area contributed by atoms with Gasteiger partial charge in [0, 0.05) is 18.6 Å². The highest BCUT2D eigenvalue weighted by molar-refractivity contribution is 6.31. The van der Waals surface area contributed by atoms with Gasteiger partial charge in [-0.25, -0.2) is 4.79 Å². The Balaban J connectivity index is 2.96. The van der Waals surface area contributed by atoms with E-state index in [1.807, 2.05) is 6.92 Å². The van der Waals surface area contributed by atoms with E-state index in [0.29, 0.717) is 17.3 Å². The number of hydrogen-bond acceptors (Lipinski definition) is 3. The van der Waals surface area contributed by atoms with Gasteiger partial charge in [-0.2, -0.15) is 0 Å². The molecule has 0 aliphatic heterocycles. The molecule has 1 rings (SSSR count). The topological polar surface area (TPSA) is 69.6 Å². The van der Waals surface area contributed by atoms with Gasteiger partial charge in [0.25, 0.3) is 0 Å². The second-order valence-corrected chi connectivity index (χ2v) is 4.21. The van der Waals surface area contributed by atoms with Crippen LogP contribution in [0.15, 0.2) is 18.2 Å². The molecule has 0 heterocycles. The van der Waals surface area contributed by atoms with Gasteiger partial charge in [0.2, 0.25) is 5.91 Å². The first-order valence-corrected chi connectivity index (χ1v) is 5.84. The first-order chi connectivity index (χ1) is 8.45. The number of carbonyl (C=O) groups is 2. The van der Waals surface area contributed by atoms with Gasteiger partial charge in [0.15, 0.2) is 0 Å². The van der Waals surface area contributed by atoms with Gasteiger partial charge < -0.3 is 15.3 Å².